The number of nitrogen functional groups attached to an aromatic ring is 1. The van der Waals surface area contributed by atoms with E-state index in [-0.39, 0.29) is 17.3 Å². The zero-order valence-corrected chi connectivity index (χ0v) is 23.5. The van der Waals surface area contributed by atoms with Crippen molar-refractivity contribution in [2.45, 2.75) is 6.42 Å². The topological polar surface area (TPSA) is 98.1 Å². The fraction of sp³-hybridized carbons (Fsp3) is 0.344. The van der Waals surface area contributed by atoms with Crippen LogP contribution in [-0.4, -0.2) is 86.0 Å². The zero-order chi connectivity index (χ0) is 28.8. The number of morpholine rings is 2. The minimum atomic E-state index is -0.611. The number of hydrogen-bond donors (Lipinski definition) is 2. The molecular formula is C32H34FN5O4. The average molecular weight is 572 g/mol. The third-order valence-corrected chi connectivity index (χ3v) is 8.41. The number of aromatic nitrogens is 1. The number of carbonyl (C=O) groups is 1. The maximum atomic E-state index is 16.2. The Bertz CT molecular complexity index is 1830. The van der Waals surface area contributed by atoms with E-state index >= 15 is 4.39 Å². The fourth-order valence-electron chi connectivity index (χ4n) is 6.14. The highest BCUT2D eigenvalue weighted by Crippen LogP contribution is 2.41. The van der Waals surface area contributed by atoms with Crippen LogP contribution in [0.15, 0.2) is 47.0 Å². The molecule has 0 aliphatic carbocycles. The van der Waals surface area contributed by atoms with Crippen LogP contribution in [-0.2, 0) is 9.47 Å². The second kappa shape index (κ2) is 10.9. The minimum Gasteiger partial charge on any atom is -0.451 e. The van der Waals surface area contributed by atoms with E-state index in [0.717, 1.165) is 55.6 Å². The average Bonchev–Trinajstić information content (AvgIpc) is 3.03. The lowest BCUT2D eigenvalue weighted by atomic mass is 10.0. The monoisotopic (exact) mass is 571 g/mol. The quantitative estimate of drug-likeness (QED) is 0.138. The van der Waals surface area contributed by atoms with Crippen molar-refractivity contribution in [2.75, 3.05) is 76.7 Å². The first-order valence-electron chi connectivity index (χ1n) is 14.5. The predicted octanol–water partition coefficient (Wildman–Crippen LogP) is 3.99. The summed E-state index contributed by atoms with van der Waals surface area (Å²) < 4.78 is 35.5. The molecule has 2 saturated heterocycles. The van der Waals surface area contributed by atoms with Gasteiger partial charge in [-0.15, -0.1) is 0 Å². The number of amides is 1. The fourth-order valence-corrected chi connectivity index (χ4v) is 6.14. The van der Waals surface area contributed by atoms with Crippen LogP contribution in [0.4, 0.5) is 15.8 Å². The molecule has 3 N–H and O–H groups in total. The molecule has 42 heavy (non-hydrogen) atoms. The number of carbonyl (C=O) groups excluding carboxylic acids is 1. The van der Waals surface area contributed by atoms with Crippen molar-refractivity contribution < 1.29 is 23.1 Å². The first-order valence-corrected chi connectivity index (χ1v) is 14.5. The van der Waals surface area contributed by atoms with E-state index in [4.69, 9.17) is 19.6 Å². The molecule has 1 amide bonds. The van der Waals surface area contributed by atoms with E-state index in [1.807, 2.05) is 41.0 Å². The Morgan fingerprint density at radius 3 is 2.45 bits per heavy atom. The summed E-state index contributed by atoms with van der Waals surface area (Å²) in [5.74, 6) is -0.796. The lowest BCUT2D eigenvalue weighted by molar-refractivity contribution is 0.0302. The number of fused-ring (bicyclic) bond motifs is 3. The van der Waals surface area contributed by atoms with Gasteiger partial charge in [-0.25, -0.2) is 4.39 Å². The van der Waals surface area contributed by atoms with Gasteiger partial charge in [0.1, 0.15) is 11.4 Å². The summed E-state index contributed by atoms with van der Waals surface area (Å²) in [5.41, 5.74) is 9.26. The van der Waals surface area contributed by atoms with E-state index in [0.29, 0.717) is 65.9 Å². The number of nitrogens with two attached hydrogens (primary N) is 1. The predicted molar refractivity (Wildman–Crippen MR) is 163 cm³/mol. The van der Waals surface area contributed by atoms with Gasteiger partial charge in [0.15, 0.2) is 17.0 Å². The maximum Gasteiger partial charge on any atom is 0.256 e. The molecule has 0 aromatic heterocycles. The second-order valence-corrected chi connectivity index (χ2v) is 11.0. The van der Waals surface area contributed by atoms with Gasteiger partial charge >= 0.3 is 0 Å². The van der Waals surface area contributed by atoms with Crippen LogP contribution in [0.1, 0.15) is 16.8 Å². The molecule has 0 bridgehead atoms. The van der Waals surface area contributed by atoms with Crippen molar-refractivity contribution in [1.29, 1.82) is 0 Å². The third kappa shape index (κ3) is 4.56. The van der Waals surface area contributed by atoms with E-state index in [1.54, 1.807) is 11.1 Å². The maximum absolute atomic E-state index is 16.2. The Balaban J connectivity index is 1.40. The van der Waals surface area contributed by atoms with Gasteiger partial charge < -0.3 is 34.4 Å². The van der Waals surface area contributed by atoms with E-state index in [9.17, 15) is 4.79 Å². The van der Waals surface area contributed by atoms with Crippen molar-refractivity contribution >= 4 is 56.7 Å². The Morgan fingerprint density at radius 2 is 1.71 bits per heavy atom. The SMILES string of the molecule is C=c1c(C(=O)N2CCOCC2)cn2c3cc4ccccc4cc3oc3c(NCCCN4CCOCC4)c(F)c(N)c1c3-2. The lowest BCUT2D eigenvalue weighted by Crippen LogP contribution is -2.42. The number of nitrogens with one attached hydrogen (secondary N) is 1. The van der Waals surface area contributed by atoms with E-state index in [2.05, 4.69) is 16.8 Å². The summed E-state index contributed by atoms with van der Waals surface area (Å²) in [7, 11) is 0. The van der Waals surface area contributed by atoms with Crippen molar-refractivity contribution in [3.63, 3.8) is 0 Å². The van der Waals surface area contributed by atoms with Gasteiger partial charge in [0.05, 0.1) is 43.2 Å². The molecule has 4 aliphatic heterocycles. The standard InChI is InChI=1S/C32H34FN5O4/c1-20-23(32(39)37-11-15-41-16-12-37)19-38-24-17-21-5-2-3-6-22(21)18-25(24)42-31-29(27(33)28(34)26(20)30(31)38)35-7-4-8-36-9-13-40-14-10-36/h2-3,5-6,17-19,35H,1,4,7-16,34H2. The molecule has 0 radical (unpaired) electrons. The van der Waals surface area contributed by atoms with Crippen LogP contribution in [0, 0.1) is 5.82 Å². The molecule has 218 valence electrons. The van der Waals surface area contributed by atoms with Gasteiger partial charge in [-0.2, -0.15) is 0 Å². The van der Waals surface area contributed by atoms with Gasteiger partial charge in [-0.1, -0.05) is 30.8 Å². The molecule has 0 spiro atoms. The van der Waals surface area contributed by atoms with Crippen molar-refractivity contribution in [3.8, 4) is 5.69 Å². The van der Waals surface area contributed by atoms with Gasteiger partial charge in [-0.05, 0) is 41.1 Å². The van der Waals surface area contributed by atoms with Crippen LogP contribution >= 0.6 is 0 Å². The Kier molecular flexibility index (Phi) is 6.97. The number of nitrogens with zero attached hydrogens (tertiary/aromatic N) is 3. The molecule has 9 nitrogen and oxygen atoms in total. The molecule has 0 atom stereocenters. The van der Waals surface area contributed by atoms with Gasteiger partial charge in [-0.3, -0.25) is 9.69 Å². The molecule has 3 aromatic rings. The van der Waals surface area contributed by atoms with Gasteiger partial charge in [0, 0.05) is 44.3 Å². The first kappa shape index (κ1) is 26.8. The summed E-state index contributed by atoms with van der Waals surface area (Å²) in [4.78, 5) is 17.8. The number of benzene rings is 3. The highest BCUT2D eigenvalue weighted by molar-refractivity contribution is 6.07. The normalized spacial score (nSPS) is 16.6. The lowest BCUT2D eigenvalue weighted by Gasteiger charge is -2.29. The van der Waals surface area contributed by atoms with Crippen LogP contribution in [0.25, 0.3) is 45.1 Å². The smallest absolute Gasteiger partial charge is 0.256 e. The second-order valence-electron chi connectivity index (χ2n) is 11.0. The molecule has 4 aliphatic rings. The number of anilines is 2. The van der Waals surface area contributed by atoms with E-state index in [1.165, 1.54) is 0 Å². The number of pyridine rings is 1. The van der Waals surface area contributed by atoms with Crippen LogP contribution in [0.5, 0.6) is 0 Å². The molecular weight excluding hydrogens is 537 g/mol. The van der Waals surface area contributed by atoms with Crippen LogP contribution in [0.2, 0.25) is 0 Å². The summed E-state index contributed by atoms with van der Waals surface area (Å²) in [6.45, 7) is 10.8. The number of halogens is 1. The number of hydrogen-bond acceptors (Lipinski definition) is 7. The summed E-state index contributed by atoms with van der Waals surface area (Å²) in [6, 6.07) is 12.0. The Hall–Kier alpha value is -4.12. The highest BCUT2D eigenvalue weighted by Gasteiger charge is 2.29. The molecule has 0 saturated carbocycles. The highest BCUT2D eigenvalue weighted by atomic mass is 19.1. The number of rotatable bonds is 6. The van der Waals surface area contributed by atoms with Crippen LogP contribution in [0.3, 0.4) is 0 Å². The van der Waals surface area contributed by atoms with Gasteiger partial charge in [0.25, 0.3) is 5.91 Å². The van der Waals surface area contributed by atoms with Crippen LogP contribution < -0.4 is 16.3 Å². The molecule has 2 fully saturated rings. The van der Waals surface area contributed by atoms with Gasteiger partial charge in [0.2, 0.25) is 0 Å². The molecule has 10 heteroatoms. The molecule has 3 aromatic carbocycles. The van der Waals surface area contributed by atoms with Crippen molar-refractivity contribution in [2.24, 2.45) is 0 Å². The first-order chi connectivity index (χ1) is 20.5. The largest absolute Gasteiger partial charge is 0.451 e. The van der Waals surface area contributed by atoms with E-state index < -0.39 is 5.82 Å². The Labute approximate surface area is 242 Å². The Morgan fingerprint density at radius 1 is 1.02 bits per heavy atom. The minimum absolute atomic E-state index is 0.0624. The van der Waals surface area contributed by atoms with Crippen molar-refractivity contribution in [1.82, 2.24) is 14.4 Å². The summed E-state index contributed by atoms with van der Waals surface area (Å²) >= 11 is 0. The molecule has 0 unspecified atom stereocenters. The molecule has 4 heterocycles. The third-order valence-electron chi connectivity index (χ3n) is 8.41. The number of ether oxygens (including phenoxy) is 2. The summed E-state index contributed by atoms with van der Waals surface area (Å²) in [6.07, 6.45) is 2.60. The zero-order valence-electron chi connectivity index (χ0n) is 23.5. The van der Waals surface area contributed by atoms with Crippen molar-refractivity contribution in [3.05, 3.63) is 59.2 Å². The molecule has 7 rings (SSSR count). The summed E-state index contributed by atoms with van der Waals surface area (Å²) in [5, 5.41) is 6.04.